The normalized spacial score (nSPS) is 12.8. The van der Waals surface area contributed by atoms with Crippen LogP contribution in [0.2, 0.25) is 0 Å². The SMILES string of the molecule is CCCCCCCCCCCC/C=C/C(O)C(CO)NC(=O)CCCCCCCCC/C=C\CCCCCCOC(=O)CCCCCCCCCCCCCCCCCC. The van der Waals surface area contributed by atoms with Crippen LogP contribution in [-0.4, -0.2) is 47.4 Å². The van der Waals surface area contributed by atoms with Crippen molar-refractivity contribution in [3.63, 3.8) is 0 Å². The number of hydrogen-bond donors (Lipinski definition) is 3. The van der Waals surface area contributed by atoms with Crippen LogP contribution in [0.1, 0.15) is 284 Å². The van der Waals surface area contributed by atoms with Crippen LogP contribution >= 0.6 is 0 Å². The number of nitrogens with one attached hydrogen (secondary N) is 1. The first-order valence-corrected chi connectivity index (χ1v) is 26.6. The highest BCUT2D eigenvalue weighted by Crippen LogP contribution is 2.16. The molecule has 1 amide bonds. The largest absolute Gasteiger partial charge is 0.466 e. The Morgan fingerprint density at radius 1 is 0.450 bits per heavy atom. The number of aliphatic hydroxyl groups excluding tert-OH is 2. The zero-order valence-corrected chi connectivity index (χ0v) is 40.2. The van der Waals surface area contributed by atoms with Crippen LogP contribution in [0.3, 0.4) is 0 Å². The molecular formula is C54H103NO5. The number of carbonyl (C=O) groups is 2. The van der Waals surface area contributed by atoms with Crippen LogP contribution in [0.5, 0.6) is 0 Å². The Labute approximate surface area is 373 Å². The van der Waals surface area contributed by atoms with Gasteiger partial charge in [-0.15, -0.1) is 0 Å². The molecule has 0 aromatic rings. The molecule has 0 aliphatic heterocycles. The molecule has 0 radical (unpaired) electrons. The highest BCUT2D eigenvalue weighted by molar-refractivity contribution is 5.76. The maximum absolute atomic E-state index is 12.4. The first kappa shape index (κ1) is 58.3. The van der Waals surface area contributed by atoms with E-state index in [0.717, 1.165) is 70.6 Å². The number of carbonyl (C=O) groups excluding carboxylic acids is 2. The molecule has 0 spiro atoms. The molecule has 0 aromatic heterocycles. The Balaban J connectivity index is 3.47. The Hall–Kier alpha value is -1.66. The number of unbranched alkanes of at least 4 members (excludes halogenated alkanes) is 36. The molecule has 0 heterocycles. The van der Waals surface area contributed by atoms with Crippen molar-refractivity contribution in [2.24, 2.45) is 0 Å². The monoisotopic (exact) mass is 846 g/mol. The summed E-state index contributed by atoms with van der Waals surface area (Å²) in [6.07, 6.45) is 59.0. The van der Waals surface area contributed by atoms with E-state index in [4.69, 9.17) is 4.74 Å². The summed E-state index contributed by atoms with van der Waals surface area (Å²) in [4.78, 5) is 24.4. The molecule has 0 bridgehead atoms. The lowest BCUT2D eigenvalue weighted by Gasteiger charge is -2.20. The Bertz CT molecular complexity index is 935. The van der Waals surface area contributed by atoms with E-state index in [1.165, 1.54) is 186 Å². The van der Waals surface area contributed by atoms with Crippen LogP contribution in [0.25, 0.3) is 0 Å². The van der Waals surface area contributed by atoms with Gasteiger partial charge in [-0.1, -0.05) is 237 Å². The molecule has 0 aliphatic carbocycles. The maximum atomic E-state index is 12.4. The molecule has 0 saturated heterocycles. The van der Waals surface area contributed by atoms with Gasteiger partial charge in [0.2, 0.25) is 5.91 Å². The summed E-state index contributed by atoms with van der Waals surface area (Å²) in [6.45, 7) is 4.86. The van der Waals surface area contributed by atoms with E-state index < -0.39 is 12.1 Å². The van der Waals surface area contributed by atoms with Crippen molar-refractivity contribution < 1.29 is 24.5 Å². The van der Waals surface area contributed by atoms with Crippen LogP contribution in [0.15, 0.2) is 24.3 Å². The average Bonchev–Trinajstić information content (AvgIpc) is 3.25. The first-order valence-electron chi connectivity index (χ1n) is 26.6. The summed E-state index contributed by atoms with van der Waals surface area (Å²) < 4.78 is 5.46. The third-order valence-electron chi connectivity index (χ3n) is 12.2. The van der Waals surface area contributed by atoms with E-state index in [2.05, 4.69) is 31.3 Å². The second-order valence-corrected chi connectivity index (χ2v) is 18.2. The highest BCUT2D eigenvalue weighted by atomic mass is 16.5. The lowest BCUT2D eigenvalue weighted by molar-refractivity contribution is -0.143. The number of amides is 1. The molecule has 3 N–H and O–H groups in total. The fraction of sp³-hybridized carbons (Fsp3) is 0.889. The molecule has 0 saturated carbocycles. The van der Waals surface area contributed by atoms with Gasteiger partial charge in [-0.05, 0) is 57.8 Å². The van der Waals surface area contributed by atoms with Crippen molar-refractivity contribution in [1.29, 1.82) is 0 Å². The summed E-state index contributed by atoms with van der Waals surface area (Å²) in [7, 11) is 0. The van der Waals surface area contributed by atoms with Gasteiger partial charge in [0, 0.05) is 12.8 Å². The Morgan fingerprint density at radius 2 is 0.783 bits per heavy atom. The van der Waals surface area contributed by atoms with Gasteiger partial charge < -0.3 is 20.3 Å². The predicted molar refractivity (Wildman–Crippen MR) is 260 cm³/mol. The summed E-state index contributed by atoms with van der Waals surface area (Å²) in [5, 5.41) is 23.0. The molecule has 354 valence electrons. The molecule has 2 atom stereocenters. The number of esters is 1. The van der Waals surface area contributed by atoms with Crippen LogP contribution < -0.4 is 5.32 Å². The second kappa shape index (κ2) is 50.0. The number of ether oxygens (including phenoxy) is 1. The van der Waals surface area contributed by atoms with Gasteiger partial charge in [-0.25, -0.2) is 0 Å². The van der Waals surface area contributed by atoms with Crippen molar-refractivity contribution in [3.05, 3.63) is 24.3 Å². The minimum absolute atomic E-state index is 0.00812. The fourth-order valence-corrected chi connectivity index (χ4v) is 8.10. The summed E-state index contributed by atoms with van der Waals surface area (Å²) in [5.74, 6) is -0.0919. The summed E-state index contributed by atoms with van der Waals surface area (Å²) in [5.41, 5.74) is 0. The Kier molecular flexibility index (Phi) is 48.6. The molecular weight excluding hydrogens is 743 g/mol. The van der Waals surface area contributed by atoms with Gasteiger partial charge in [-0.3, -0.25) is 9.59 Å². The minimum Gasteiger partial charge on any atom is -0.466 e. The molecule has 6 nitrogen and oxygen atoms in total. The summed E-state index contributed by atoms with van der Waals surface area (Å²) in [6, 6.07) is -0.637. The lowest BCUT2D eigenvalue weighted by Crippen LogP contribution is -2.45. The zero-order valence-electron chi connectivity index (χ0n) is 40.2. The van der Waals surface area contributed by atoms with Crippen molar-refractivity contribution in [2.75, 3.05) is 13.2 Å². The van der Waals surface area contributed by atoms with Crippen LogP contribution in [0, 0.1) is 0 Å². The molecule has 0 fully saturated rings. The van der Waals surface area contributed by atoms with E-state index in [0.29, 0.717) is 19.4 Å². The lowest BCUT2D eigenvalue weighted by atomic mass is 10.0. The van der Waals surface area contributed by atoms with Gasteiger partial charge in [0.1, 0.15) is 0 Å². The second-order valence-electron chi connectivity index (χ2n) is 18.2. The quantitative estimate of drug-likeness (QED) is 0.0322. The molecule has 6 heteroatoms. The highest BCUT2D eigenvalue weighted by Gasteiger charge is 2.18. The van der Waals surface area contributed by atoms with Crippen molar-refractivity contribution >= 4 is 11.9 Å². The van der Waals surface area contributed by atoms with Crippen molar-refractivity contribution in [1.82, 2.24) is 5.32 Å². The molecule has 0 rings (SSSR count). The van der Waals surface area contributed by atoms with Gasteiger partial charge in [0.15, 0.2) is 0 Å². The minimum atomic E-state index is -0.852. The number of aliphatic hydroxyl groups is 2. The third kappa shape index (κ3) is 45.9. The smallest absolute Gasteiger partial charge is 0.305 e. The standard InChI is InChI=1S/C54H103NO5/c1-3-5-7-9-11-13-15-17-18-21-24-28-32-36-40-44-48-54(59)60-49-45-41-37-33-29-25-22-19-20-23-27-31-35-39-43-47-53(58)55-51(50-56)52(57)46-42-38-34-30-26-16-14-12-10-8-6-4-2/h22,25,42,46,51-52,56-57H,3-21,23-24,26-41,43-45,47-50H2,1-2H3,(H,55,58)/b25-22-,46-42+. The van der Waals surface area contributed by atoms with Crippen LogP contribution in [-0.2, 0) is 14.3 Å². The molecule has 0 aliphatic rings. The van der Waals surface area contributed by atoms with Crippen molar-refractivity contribution in [3.8, 4) is 0 Å². The number of rotatable bonds is 49. The first-order chi connectivity index (χ1) is 29.5. The molecule has 60 heavy (non-hydrogen) atoms. The fourth-order valence-electron chi connectivity index (χ4n) is 8.10. The number of allylic oxidation sites excluding steroid dienone is 3. The molecule has 0 aromatic carbocycles. The predicted octanol–water partition coefficient (Wildman–Crippen LogP) is 15.9. The van der Waals surface area contributed by atoms with Crippen LogP contribution in [0.4, 0.5) is 0 Å². The Morgan fingerprint density at radius 3 is 1.18 bits per heavy atom. The maximum Gasteiger partial charge on any atom is 0.305 e. The summed E-state index contributed by atoms with van der Waals surface area (Å²) >= 11 is 0. The van der Waals surface area contributed by atoms with E-state index >= 15 is 0 Å². The average molecular weight is 846 g/mol. The van der Waals surface area contributed by atoms with E-state index in [1.54, 1.807) is 6.08 Å². The van der Waals surface area contributed by atoms with Gasteiger partial charge in [-0.2, -0.15) is 0 Å². The van der Waals surface area contributed by atoms with Crippen molar-refractivity contribution in [2.45, 2.75) is 296 Å². The van der Waals surface area contributed by atoms with E-state index in [9.17, 15) is 19.8 Å². The third-order valence-corrected chi connectivity index (χ3v) is 12.2. The van der Waals surface area contributed by atoms with Gasteiger partial charge >= 0.3 is 5.97 Å². The zero-order chi connectivity index (χ0) is 43.7. The topological polar surface area (TPSA) is 95.9 Å². The van der Waals surface area contributed by atoms with Gasteiger partial charge in [0.25, 0.3) is 0 Å². The van der Waals surface area contributed by atoms with E-state index in [-0.39, 0.29) is 18.5 Å². The van der Waals surface area contributed by atoms with Gasteiger partial charge in [0.05, 0.1) is 25.4 Å². The van der Waals surface area contributed by atoms with E-state index in [1.807, 2.05) is 6.08 Å². The molecule has 2 unspecified atom stereocenters. The number of hydrogen-bond acceptors (Lipinski definition) is 5.